The number of amides is 1. The van der Waals surface area contributed by atoms with Gasteiger partial charge in [-0.3, -0.25) is 4.79 Å². The Bertz CT molecular complexity index is 1250. The van der Waals surface area contributed by atoms with Crippen molar-refractivity contribution in [1.82, 2.24) is 20.1 Å². The Morgan fingerprint density at radius 3 is 2.81 bits per heavy atom. The van der Waals surface area contributed by atoms with E-state index in [4.69, 9.17) is 14.5 Å². The molecule has 0 atom stereocenters. The van der Waals surface area contributed by atoms with Crippen LogP contribution in [0.25, 0.3) is 21.6 Å². The second kappa shape index (κ2) is 8.03. The monoisotopic (exact) mass is 434 g/mol. The molecule has 1 amide bonds. The van der Waals surface area contributed by atoms with Gasteiger partial charge in [0.25, 0.3) is 5.91 Å². The Hall–Kier alpha value is -3.39. The topological polar surface area (TPSA) is 78.3 Å². The van der Waals surface area contributed by atoms with Gasteiger partial charge in [0.15, 0.2) is 17.1 Å². The number of carbonyl (C=O) groups excluding carboxylic acids is 1. The Labute approximate surface area is 183 Å². The first-order chi connectivity index (χ1) is 15.1. The minimum atomic E-state index is -0.164. The first-order valence-electron chi connectivity index (χ1n) is 10.2. The number of fused-ring (bicyclic) bond motifs is 2. The van der Waals surface area contributed by atoms with Crippen molar-refractivity contribution in [3.05, 3.63) is 59.1 Å². The van der Waals surface area contributed by atoms with Crippen molar-refractivity contribution in [2.45, 2.75) is 26.4 Å². The van der Waals surface area contributed by atoms with Gasteiger partial charge < -0.3 is 14.8 Å². The third-order valence-corrected chi connectivity index (χ3v) is 6.03. The summed E-state index contributed by atoms with van der Waals surface area (Å²) in [6.45, 7) is 5.56. The fourth-order valence-electron chi connectivity index (χ4n) is 3.61. The lowest BCUT2D eigenvalue weighted by molar-refractivity contribution is 0.0952. The lowest BCUT2D eigenvalue weighted by Crippen LogP contribution is -2.23. The Kier molecular flexibility index (Phi) is 5.07. The molecular weight excluding hydrogens is 412 g/mol. The van der Waals surface area contributed by atoms with Crippen LogP contribution >= 0.6 is 11.3 Å². The molecule has 4 aromatic rings. The highest BCUT2D eigenvalue weighted by Gasteiger charge is 2.19. The summed E-state index contributed by atoms with van der Waals surface area (Å²) < 4.78 is 13.1. The number of carbonyl (C=O) groups is 1. The predicted molar refractivity (Wildman–Crippen MR) is 120 cm³/mol. The van der Waals surface area contributed by atoms with Gasteiger partial charge in [-0.2, -0.15) is 5.10 Å². The van der Waals surface area contributed by atoms with Crippen molar-refractivity contribution in [3.8, 4) is 22.1 Å². The molecular formula is C23H22N4O3S. The number of thiophene rings is 1. The minimum absolute atomic E-state index is 0.136. The highest BCUT2D eigenvalue weighted by Crippen LogP contribution is 2.31. The molecule has 1 aromatic carbocycles. The minimum Gasteiger partial charge on any atom is -0.486 e. The summed E-state index contributed by atoms with van der Waals surface area (Å²) >= 11 is 1.60. The fraction of sp³-hybridized carbons (Fsp3) is 0.261. The Morgan fingerprint density at radius 1 is 1.19 bits per heavy atom. The molecule has 0 unspecified atom stereocenters. The Morgan fingerprint density at radius 2 is 2.03 bits per heavy atom. The van der Waals surface area contributed by atoms with Gasteiger partial charge in [-0.05, 0) is 49.1 Å². The molecule has 8 heteroatoms. The SMILES string of the molecule is CC(C)n1ncc2c(C(=O)NCc3ccc4c(c3)OCCO4)cc(-c3cccs3)nc21. The Balaban J connectivity index is 1.46. The highest BCUT2D eigenvalue weighted by molar-refractivity contribution is 7.13. The maximum absolute atomic E-state index is 13.2. The van der Waals surface area contributed by atoms with E-state index in [1.165, 1.54) is 0 Å². The molecule has 0 spiro atoms. The molecule has 158 valence electrons. The van der Waals surface area contributed by atoms with Crippen LogP contribution in [0.5, 0.6) is 11.5 Å². The van der Waals surface area contributed by atoms with Crippen LogP contribution in [0.3, 0.4) is 0 Å². The molecule has 3 aromatic heterocycles. The zero-order chi connectivity index (χ0) is 21.4. The van der Waals surface area contributed by atoms with E-state index in [-0.39, 0.29) is 11.9 Å². The van der Waals surface area contributed by atoms with Crippen LogP contribution < -0.4 is 14.8 Å². The molecule has 1 aliphatic heterocycles. The molecule has 1 aliphatic rings. The van der Waals surface area contributed by atoms with Gasteiger partial charge in [-0.15, -0.1) is 11.3 Å². The van der Waals surface area contributed by atoms with Gasteiger partial charge in [0.2, 0.25) is 0 Å². The van der Waals surface area contributed by atoms with E-state index in [0.717, 1.165) is 27.3 Å². The highest BCUT2D eigenvalue weighted by atomic mass is 32.1. The van der Waals surface area contributed by atoms with Crippen molar-refractivity contribution in [1.29, 1.82) is 0 Å². The number of ether oxygens (including phenoxy) is 2. The van der Waals surface area contributed by atoms with Crippen LogP contribution in [-0.2, 0) is 6.54 Å². The molecule has 0 bridgehead atoms. The van der Waals surface area contributed by atoms with E-state index >= 15 is 0 Å². The average Bonchev–Trinajstić information content (AvgIpc) is 3.46. The van der Waals surface area contributed by atoms with Gasteiger partial charge in [-0.25, -0.2) is 9.67 Å². The lowest BCUT2D eigenvalue weighted by Gasteiger charge is -2.19. The van der Waals surface area contributed by atoms with Crippen molar-refractivity contribution in [3.63, 3.8) is 0 Å². The van der Waals surface area contributed by atoms with Crippen molar-refractivity contribution in [2.75, 3.05) is 13.2 Å². The van der Waals surface area contributed by atoms with Gasteiger partial charge in [-0.1, -0.05) is 12.1 Å². The van der Waals surface area contributed by atoms with Crippen molar-refractivity contribution < 1.29 is 14.3 Å². The van der Waals surface area contributed by atoms with Crippen LogP contribution in [0.1, 0.15) is 35.8 Å². The quantitative estimate of drug-likeness (QED) is 0.502. The largest absolute Gasteiger partial charge is 0.486 e. The normalized spacial score (nSPS) is 13.0. The molecule has 7 nitrogen and oxygen atoms in total. The molecule has 1 N–H and O–H groups in total. The number of hydrogen-bond donors (Lipinski definition) is 1. The van der Waals surface area contributed by atoms with E-state index in [9.17, 15) is 4.79 Å². The maximum Gasteiger partial charge on any atom is 0.252 e. The third kappa shape index (κ3) is 3.74. The molecule has 4 heterocycles. The summed E-state index contributed by atoms with van der Waals surface area (Å²) in [5.74, 6) is 1.28. The van der Waals surface area contributed by atoms with E-state index < -0.39 is 0 Å². The number of nitrogens with zero attached hydrogens (tertiary/aromatic N) is 3. The van der Waals surface area contributed by atoms with Crippen LogP contribution in [-0.4, -0.2) is 33.9 Å². The fourth-order valence-corrected chi connectivity index (χ4v) is 4.30. The molecule has 0 saturated heterocycles. The summed E-state index contributed by atoms with van der Waals surface area (Å²) in [5, 5.41) is 10.2. The van der Waals surface area contributed by atoms with Crippen LogP contribution in [0.4, 0.5) is 0 Å². The van der Waals surface area contributed by atoms with Crippen LogP contribution in [0.15, 0.2) is 48.0 Å². The van der Waals surface area contributed by atoms with Gasteiger partial charge in [0.05, 0.1) is 27.7 Å². The number of nitrogens with one attached hydrogen (secondary N) is 1. The molecule has 0 radical (unpaired) electrons. The van der Waals surface area contributed by atoms with Crippen molar-refractivity contribution >= 4 is 28.3 Å². The average molecular weight is 435 g/mol. The predicted octanol–water partition coefficient (Wildman–Crippen LogP) is 4.44. The summed E-state index contributed by atoms with van der Waals surface area (Å²) in [7, 11) is 0. The van der Waals surface area contributed by atoms with E-state index in [2.05, 4.69) is 10.4 Å². The van der Waals surface area contributed by atoms with Crippen molar-refractivity contribution in [2.24, 2.45) is 0 Å². The second-order valence-electron chi connectivity index (χ2n) is 7.61. The standard InChI is InChI=1S/C23H22N4O3S/c1-14(2)27-22-17(13-25-27)16(11-18(26-22)21-4-3-9-31-21)23(28)24-12-15-5-6-19-20(10-15)30-8-7-29-19/h3-6,9-11,13-14H,7-8,12H2,1-2H3,(H,24,28). The maximum atomic E-state index is 13.2. The smallest absolute Gasteiger partial charge is 0.252 e. The van der Waals surface area contributed by atoms with E-state index in [1.807, 2.05) is 60.3 Å². The number of aromatic nitrogens is 3. The first kappa shape index (κ1) is 19.6. The van der Waals surface area contributed by atoms with Gasteiger partial charge in [0.1, 0.15) is 13.2 Å². The zero-order valence-electron chi connectivity index (χ0n) is 17.3. The molecule has 0 fully saturated rings. The van der Waals surface area contributed by atoms with Crippen LogP contribution in [0, 0.1) is 0 Å². The lowest BCUT2D eigenvalue weighted by atomic mass is 10.1. The number of hydrogen-bond acceptors (Lipinski definition) is 6. The van der Waals surface area contributed by atoms with Crippen LogP contribution in [0.2, 0.25) is 0 Å². The summed E-state index contributed by atoms with van der Waals surface area (Å²) in [6, 6.07) is 11.7. The summed E-state index contributed by atoms with van der Waals surface area (Å²) in [5.41, 5.74) is 3.00. The van der Waals surface area contributed by atoms with E-state index in [1.54, 1.807) is 17.5 Å². The second-order valence-corrected chi connectivity index (χ2v) is 8.56. The number of benzene rings is 1. The van der Waals surface area contributed by atoms with Gasteiger partial charge in [0, 0.05) is 12.6 Å². The molecule has 0 aliphatic carbocycles. The summed E-state index contributed by atoms with van der Waals surface area (Å²) in [4.78, 5) is 19.0. The van der Waals surface area contributed by atoms with E-state index in [0.29, 0.717) is 36.7 Å². The molecule has 5 rings (SSSR count). The summed E-state index contributed by atoms with van der Waals surface area (Å²) in [6.07, 6.45) is 1.72. The molecule has 0 saturated carbocycles. The first-order valence-corrected chi connectivity index (χ1v) is 11.1. The number of rotatable bonds is 5. The van der Waals surface area contributed by atoms with Gasteiger partial charge >= 0.3 is 0 Å². The number of pyridine rings is 1. The third-order valence-electron chi connectivity index (χ3n) is 5.13. The molecule has 31 heavy (non-hydrogen) atoms. The zero-order valence-corrected chi connectivity index (χ0v) is 18.1.